The minimum atomic E-state index is -1.33. The Bertz CT molecular complexity index is 517. The summed E-state index contributed by atoms with van der Waals surface area (Å²) in [7, 11) is 0. The van der Waals surface area contributed by atoms with E-state index in [1.807, 2.05) is 0 Å². The highest BCUT2D eigenvalue weighted by Crippen LogP contribution is 2.38. The van der Waals surface area contributed by atoms with E-state index in [1.54, 1.807) is 0 Å². The monoisotopic (exact) mass is 239 g/mol. The highest BCUT2D eigenvalue weighted by Gasteiger charge is 2.56. The van der Waals surface area contributed by atoms with Crippen LogP contribution in [0.5, 0.6) is 0 Å². The van der Waals surface area contributed by atoms with Crippen molar-refractivity contribution < 1.29 is 24.3 Å². The molecule has 0 aromatic rings. The number of carbonyl (C=O) groups excluding carboxylic acids is 2. The number of nitrogens with zero attached hydrogens (tertiary/aromatic N) is 3. The maximum atomic E-state index is 11.2. The molecule has 2 aliphatic rings. The Morgan fingerprint density at radius 2 is 2.19 bits per heavy atom. The Hall–Kier alpha value is -1.92. The third kappa shape index (κ3) is 1.14. The van der Waals surface area contributed by atoms with Gasteiger partial charge in [0.1, 0.15) is 5.70 Å². The van der Waals surface area contributed by atoms with Crippen LogP contribution in [0.1, 0.15) is 6.92 Å². The van der Waals surface area contributed by atoms with Crippen LogP contribution in [-0.4, -0.2) is 42.9 Å². The van der Waals surface area contributed by atoms with E-state index in [9.17, 15) is 14.4 Å². The zero-order valence-corrected chi connectivity index (χ0v) is 8.82. The topological polar surface area (TPSA) is 111 Å². The Labute approximate surface area is 93.3 Å². The summed E-state index contributed by atoms with van der Waals surface area (Å²) >= 11 is 0.857. The van der Waals surface area contributed by atoms with Crippen molar-refractivity contribution >= 4 is 34.5 Å². The summed E-state index contributed by atoms with van der Waals surface area (Å²) in [6.45, 7) is 1.41. The zero-order valence-electron chi connectivity index (χ0n) is 8.00. The van der Waals surface area contributed by atoms with E-state index in [-0.39, 0.29) is 16.3 Å². The predicted molar refractivity (Wildman–Crippen MR) is 52.2 cm³/mol. The number of amides is 1. The van der Waals surface area contributed by atoms with Crippen molar-refractivity contribution in [2.45, 2.75) is 12.3 Å². The second-order valence-corrected chi connectivity index (χ2v) is 4.26. The van der Waals surface area contributed by atoms with Crippen LogP contribution in [0, 0.1) is 0 Å². The van der Waals surface area contributed by atoms with E-state index >= 15 is 0 Å². The number of carbonyl (C=O) groups is 3. The largest absolute Gasteiger partial charge is 0.477 e. The molecule has 0 bridgehead atoms. The number of fused-ring (bicyclic) bond motifs is 1. The van der Waals surface area contributed by atoms with Crippen molar-refractivity contribution in [1.29, 1.82) is 0 Å². The standard InChI is InChI=1S/C8H5N3O4S/c1-2-3(8(14)15)11-6(13)4(12)7(11)16-5(2)10-9/h7H,1H3,(H,14,15)/t7-/m0/s1. The molecule has 1 saturated heterocycles. The molecule has 0 aromatic heterocycles. The molecule has 2 rings (SSSR count). The van der Waals surface area contributed by atoms with Crippen LogP contribution in [0.2, 0.25) is 0 Å². The van der Waals surface area contributed by atoms with Gasteiger partial charge in [-0.05, 0) is 18.7 Å². The van der Waals surface area contributed by atoms with Crippen LogP contribution in [0.4, 0.5) is 0 Å². The second-order valence-electron chi connectivity index (χ2n) is 3.19. The Balaban J connectivity index is 2.59. The molecule has 1 N–H and O–H groups in total. The maximum Gasteiger partial charge on any atom is 0.357 e. The summed E-state index contributed by atoms with van der Waals surface area (Å²) < 4.78 is 0. The number of thioether (sulfide) groups is 1. The highest BCUT2D eigenvalue weighted by atomic mass is 32.2. The summed E-state index contributed by atoms with van der Waals surface area (Å²) in [4.78, 5) is 37.2. The van der Waals surface area contributed by atoms with Gasteiger partial charge in [-0.15, -0.1) is 0 Å². The average molecular weight is 239 g/mol. The van der Waals surface area contributed by atoms with Gasteiger partial charge in [0.05, 0.1) is 5.57 Å². The molecule has 2 heterocycles. The second kappa shape index (κ2) is 3.29. The minimum absolute atomic E-state index is 0.0412. The highest BCUT2D eigenvalue weighted by molar-refractivity contribution is 8.15. The van der Waals surface area contributed by atoms with E-state index in [1.165, 1.54) is 6.92 Å². The van der Waals surface area contributed by atoms with Crippen LogP contribution in [-0.2, 0) is 14.4 Å². The number of carboxylic acids is 1. The van der Waals surface area contributed by atoms with Crippen molar-refractivity contribution in [2.75, 3.05) is 0 Å². The van der Waals surface area contributed by atoms with Crippen molar-refractivity contribution in [2.24, 2.45) is 0 Å². The van der Waals surface area contributed by atoms with E-state index < -0.39 is 23.0 Å². The molecule has 0 saturated carbocycles. The summed E-state index contributed by atoms with van der Waals surface area (Å²) in [5.41, 5.74) is 8.53. The molecule has 0 aliphatic carbocycles. The molecule has 16 heavy (non-hydrogen) atoms. The average Bonchev–Trinajstić information content (AvgIpc) is 2.26. The molecule has 1 fully saturated rings. The van der Waals surface area contributed by atoms with Crippen LogP contribution < -0.4 is 0 Å². The SMILES string of the molecule is CC1=C(C(=O)O)N2C(=O)C(=O)[C@@H]2SC1=[N+]=[N-]. The van der Waals surface area contributed by atoms with Gasteiger partial charge in [-0.25, -0.2) is 4.79 Å². The molecule has 1 atom stereocenters. The zero-order chi connectivity index (χ0) is 12.0. The lowest BCUT2D eigenvalue weighted by atomic mass is 10.1. The summed E-state index contributed by atoms with van der Waals surface area (Å²) in [6, 6.07) is 0. The van der Waals surface area contributed by atoms with Crippen LogP contribution in [0.15, 0.2) is 11.3 Å². The number of β-lactam (4-membered cyclic amide) rings is 1. The number of Topliss-reactive ketones (excluding diaryl/α,β-unsaturated/α-hetero) is 1. The fourth-order valence-electron chi connectivity index (χ4n) is 1.55. The van der Waals surface area contributed by atoms with Gasteiger partial charge in [-0.3, -0.25) is 14.5 Å². The van der Waals surface area contributed by atoms with Crippen LogP contribution in [0.3, 0.4) is 0 Å². The quantitative estimate of drug-likeness (QED) is 0.286. The molecule has 7 nitrogen and oxygen atoms in total. The first-order chi connectivity index (χ1) is 7.49. The lowest BCUT2D eigenvalue weighted by molar-refractivity contribution is -0.156. The number of rotatable bonds is 1. The van der Waals surface area contributed by atoms with Gasteiger partial charge in [0, 0.05) is 0 Å². The third-order valence-corrected chi connectivity index (χ3v) is 3.58. The van der Waals surface area contributed by atoms with E-state index in [4.69, 9.17) is 10.6 Å². The first-order valence-electron chi connectivity index (χ1n) is 4.19. The molecule has 0 spiro atoms. The van der Waals surface area contributed by atoms with Gasteiger partial charge in [-0.2, -0.15) is 4.79 Å². The van der Waals surface area contributed by atoms with E-state index in [2.05, 4.69) is 4.79 Å². The Kier molecular flexibility index (Phi) is 2.18. The van der Waals surface area contributed by atoms with E-state index in [0.29, 0.717) is 0 Å². The molecule has 0 radical (unpaired) electrons. The third-order valence-electron chi connectivity index (χ3n) is 2.32. The Morgan fingerprint density at radius 3 is 2.69 bits per heavy atom. The molecule has 8 heteroatoms. The number of aliphatic carboxylic acids is 1. The molecule has 1 amide bonds. The molecular formula is C8H5N3O4S. The molecule has 2 aliphatic heterocycles. The first kappa shape index (κ1) is 10.6. The molecule has 82 valence electrons. The van der Waals surface area contributed by atoms with Crippen molar-refractivity contribution in [1.82, 2.24) is 4.90 Å². The normalized spacial score (nSPS) is 23.9. The number of hydrogen-bond donors (Lipinski definition) is 1. The predicted octanol–water partition coefficient (Wildman–Crippen LogP) is -0.543. The molecule has 0 aromatic carbocycles. The van der Waals surface area contributed by atoms with Crippen molar-refractivity contribution in [3.8, 4) is 0 Å². The lowest BCUT2D eigenvalue weighted by Crippen LogP contribution is -2.62. The molecule has 0 unspecified atom stereocenters. The van der Waals surface area contributed by atoms with Gasteiger partial charge in [-0.1, -0.05) is 0 Å². The number of carboxylic acid groups (broad SMARTS) is 1. The molecular weight excluding hydrogens is 234 g/mol. The fraction of sp³-hybridized carbons (Fsp3) is 0.250. The van der Waals surface area contributed by atoms with Gasteiger partial charge in [0.2, 0.25) is 0 Å². The van der Waals surface area contributed by atoms with Crippen LogP contribution >= 0.6 is 11.8 Å². The smallest absolute Gasteiger partial charge is 0.357 e. The maximum absolute atomic E-state index is 11.2. The lowest BCUT2D eigenvalue weighted by Gasteiger charge is -2.39. The van der Waals surface area contributed by atoms with Gasteiger partial charge in [0.15, 0.2) is 5.37 Å². The van der Waals surface area contributed by atoms with Crippen molar-refractivity contribution in [3.63, 3.8) is 0 Å². The number of hydrogen-bond acceptors (Lipinski definition) is 4. The van der Waals surface area contributed by atoms with Crippen LogP contribution in [0.25, 0.3) is 5.53 Å². The van der Waals surface area contributed by atoms with E-state index in [0.717, 1.165) is 16.7 Å². The minimum Gasteiger partial charge on any atom is -0.477 e. The fourth-order valence-corrected chi connectivity index (χ4v) is 2.59. The summed E-state index contributed by atoms with van der Waals surface area (Å²) in [5, 5.41) is 8.07. The Morgan fingerprint density at radius 1 is 1.56 bits per heavy atom. The van der Waals surface area contributed by atoms with Gasteiger partial charge < -0.3 is 10.6 Å². The van der Waals surface area contributed by atoms with Gasteiger partial charge in [0.25, 0.3) is 11.7 Å². The summed E-state index contributed by atoms with van der Waals surface area (Å²) in [5.74, 6) is -2.85. The van der Waals surface area contributed by atoms with Gasteiger partial charge >= 0.3 is 11.0 Å². The summed E-state index contributed by atoms with van der Waals surface area (Å²) in [6.07, 6.45) is 0. The first-order valence-corrected chi connectivity index (χ1v) is 5.07. The van der Waals surface area contributed by atoms with Crippen molar-refractivity contribution in [3.05, 3.63) is 16.8 Å². The number of ketones is 1.